The summed E-state index contributed by atoms with van der Waals surface area (Å²) in [5, 5.41) is 14.4. The maximum Gasteiger partial charge on any atom is 0.407 e. The molecule has 0 aromatic heterocycles. The van der Waals surface area contributed by atoms with E-state index in [-0.39, 0.29) is 31.0 Å². The summed E-state index contributed by atoms with van der Waals surface area (Å²) in [5.74, 6) is 0.788. The van der Waals surface area contributed by atoms with Gasteiger partial charge in [0.15, 0.2) is 14.6 Å². The van der Waals surface area contributed by atoms with Crippen molar-refractivity contribution in [3.8, 4) is 5.75 Å². The number of benzene rings is 1. The van der Waals surface area contributed by atoms with Gasteiger partial charge in [-0.3, -0.25) is 0 Å². The highest BCUT2D eigenvalue weighted by Crippen LogP contribution is 2.37. The van der Waals surface area contributed by atoms with E-state index in [1.54, 1.807) is 13.2 Å². The lowest BCUT2D eigenvalue weighted by molar-refractivity contribution is -0.273. The number of hydrogen-bond acceptors (Lipinski definition) is 9. The van der Waals surface area contributed by atoms with Crippen LogP contribution < -0.4 is 10.1 Å². The van der Waals surface area contributed by atoms with Gasteiger partial charge in [0.05, 0.1) is 33.0 Å². The van der Waals surface area contributed by atoms with Crippen LogP contribution in [0.4, 0.5) is 4.79 Å². The second-order valence-electron chi connectivity index (χ2n) is 15.6. The molecular weight excluding hydrogens is 773 g/mol. The number of aliphatic hydroxyl groups excluding tert-OH is 1. The van der Waals surface area contributed by atoms with Crippen molar-refractivity contribution in [2.45, 2.75) is 164 Å². The van der Waals surface area contributed by atoms with Gasteiger partial charge in [-0.2, -0.15) is 0 Å². The number of rotatable bonds is 26. The van der Waals surface area contributed by atoms with Gasteiger partial charge in [-0.15, -0.1) is 6.58 Å². The molecule has 0 unspecified atom stereocenters. The van der Waals surface area contributed by atoms with Crippen LogP contribution >= 0.6 is 34.8 Å². The van der Waals surface area contributed by atoms with E-state index in [0.717, 1.165) is 30.6 Å². The lowest BCUT2D eigenvalue weighted by Gasteiger charge is -2.45. The molecule has 6 atom stereocenters. The molecule has 0 spiro atoms. The Hall–Kier alpha value is -1.12. The molecule has 1 aromatic rings. The zero-order valence-electron chi connectivity index (χ0n) is 33.7. The zero-order chi connectivity index (χ0) is 40.2. The van der Waals surface area contributed by atoms with Crippen LogP contribution in [0.2, 0.25) is 18.1 Å². The number of aliphatic hydroxyl groups is 1. The number of carbonyl (C=O) groups is 1. The zero-order valence-corrected chi connectivity index (χ0v) is 37.0. The minimum Gasteiger partial charge on any atom is -0.497 e. The second-order valence-corrected chi connectivity index (χ2v) is 22.9. The lowest BCUT2D eigenvalue weighted by Crippen LogP contribution is -2.66. The molecule has 0 aliphatic carbocycles. The number of alkyl carbamates (subject to hydrolysis) is 1. The summed E-state index contributed by atoms with van der Waals surface area (Å²) in [4.78, 5) is 13.0. The second kappa shape index (κ2) is 25.3. The monoisotopic (exact) mass is 839 g/mol. The third-order valence-corrected chi connectivity index (χ3v) is 15.0. The molecule has 2 rings (SSSR count). The Labute approximate surface area is 341 Å². The van der Waals surface area contributed by atoms with Crippen LogP contribution in [0.1, 0.15) is 104 Å². The number of amides is 1. The smallest absolute Gasteiger partial charge is 0.407 e. The highest BCUT2D eigenvalue weighted by atomic mass is 35.6. The molecule has 0 saturated carbocycles. The quantitative estimate of drug-likeness (QED) is 0.0407. The molecule has 0 radical (unpaired) electrons. The van der Waals surface area contributed by atoms with Crippen molar-refractivity contribution >= 4 is 49.2 Å². The van der Waals surface area contributed by atoms with Crippen LogP contribution in [-0.4, -0.2) is 93.6 Å². The third-order valence-electron chi connectivity index (χ3n) is 10.1. The number of hydrogen-bond donors (Lipinski definition) is 2. The molecule has 14 heteroatoms. The van der Waals surface area contributed by atoms with Crippen LogP contribution in [0.25, 0.3) is 0 Å². The fraction of sp³-hybridized carbons (Fsp3) is 0.775. The molecule has 1 heterocycles. The first-order valence-electron chi connectivity index (χ1n) is 19.6. The third kappa shape index (κ3) is 18.9. The Morgan fingerprint density at radius 3 is 2.20 bits per heavy atom. The summed E-state index contributed by atoms with van der Waals surface area (Å²) in [6.45, 7) is 17.1. The number of nitrogens with one attached hydrogen (secondary N) is 1. The van der Waals surface area contributed by atoms with Crippen molar-refractivity contribution < 1.29 is 42.7 Å². The van der Waals surface area contributed by atoms with E-state index in [4.69, 9.17) is 67.7 Å². The molecule has 1 fully saturated rings. The number of carbonyl (C=O) groups excluding carboxylic acids is 1. The summed E-state index contributed by atoms with van der Waals surface area (Å²) in [6, 6.07) is 6.85. The molecule has 1 saturated heterocycles. The molecule has 2 N–H and O–H groups in total. The predicted molar refractivity (Wildman–Crippen MR) is 220 cm³/mol. The van der Waals surface area contributed by atoms with Crippen LogP contribution in [0, 0.1) is 0 Å². The van der Waals surface area contributed by atoms with Crippen molar-refractivity contribution in [1.29, 1.82) is 0 Å². The largest absolute Gasteiger partial charge is 0.497 e. The summed E-state index contributed by atoms with van der Waals surface area (Å²) in [6.07, 6.45) is 9.12. The fourth-order valence-corrected chi connectivity index (χ4v) is 6.99. The molecule has 312 valence electrons. The van der Waals surface area contributed by atoms with Crippen molar-refractivity contribution in [2.24, 2.45) is 0 Å². The van der Waals surface area contributed by atoms with Gasteiger partial charge in [0.1, 0.15) is 36.7 Å². The van der Waals surface area contributed by atoms with E-state index in [1.165, 1.54) is 44.9 Å². The van der Waals surface area contributed by atoms with E-state index < -0.39 is 55.5 Å². The van der Waals surface area contributed by atoms with Gasteiger partial charge in [-0.25, -0.2) is 4.79 Å². The average molecular weight is 841 g/mol. The number of alkyl halides is 3. The van der Waals surface area contributed by atoms with Crippen LogP contribution in [0.5, 0.6) is 5.75 Å². The topological polar surface area (TPSA) is 114 Å². The van der Waals surface area contributed by atoms with Crippen LogP contribution in [0.15, 0.2) is 36.9 Å². The van der Waals surface area contributed by atoms with E-state index in [2.05, 4.69) is 52.7 Å². The first-order chi connectivity index (χ1) is 25.5. The standard InChI is InChI=1S/C40H68Cl3NO9Si/c1-9-11-12-13-14-15-16-17-18-19-32(50-27-30-20-22-31(47-6)23-21-30)24-26-48-36-34(44-38(46)51-29-40(41,42)43)37(49-25-10-2)53-33(35(36)45)28-52-54(7,8)39(3,4)5/h10,20-23,32-37,45H,2,9,11-19,24-29H2,1,3-8H3,(H,44,46)/t32-,33-,34-,35-,36-,37+/m1/s1. The predicted octanol–water partition coefficient (Wildman–Crippen LogP) is 10.1. The molecule has 1 amide bonds. The number of methoxy groups -OCH3 is 1. The van der Waals surface area contributed by atoms with E-state index >= 15 is 0 Å². The van der Waals surface area contributed by atoms with Crippen LogP contribution in [0.3, 0.4) is 0 Å². The Bertz CT molecular complexity index is 1180. The van der Waals surface area contributed by atoms with Crippen molar-refractivity contribution in [1.82, 2.24) is 5.32 Å². The van der Waals surface area contributed by atoms with Crippen molar-refractivity contribution in [2.75, 3.05) is 33.5 Å². The Balaban J connectivity index is 2.21. The molecule has 1 aromatic carbocycles. The maximum absolute atomic E-state index is 13.0. The summed E-state index contributed by atoms with van der Waals surface area (Å²) in [5.41, 5.74) is 1.04. The molecule has 1 aliphatic heterocycles. The van der Waals surface area contributed by atoms with Gasteiger partial charge in [-0.05, 0) is 48.7 Å². The molecular formula is C40H68Cl3NO9Si. The summed E-state index contributed by atoms with van der Waals surface area (Å²) in [7, 11) is -0.567. The van der Waals surface area contributed by atoms with Crippen molar-refractivity contribution in [3.63, 3.8) is 0 Å². The van der Waals surface area contributed by atoms with Gasteiger partial charge in [-0.1, -0.05) is 138 Å². The van der Waals surface area contributed by atoms with Crippen LogP contribution in [-0.2, 0) is 34.7 Å². The number of unbranched alkanes of at least 4 members (excludes halogenated alkanes) is 8. The Kier molecular flexibility index (Phi) is 23.0. The highest BCUT2D eigenvalue weighted by Gasteiger charge is 2.49. The number of halogens is 3. The van der Waals surface area contributed by atoms with Gasteiger partial charge in [0, 0.05) is 6.61 Å². The van der Waals surface area contributed by atoms with Gasteiger partial charge < -0.3 is 43.3 Å². The summed E-state index contributed by atoms with van der Waals surface area (Å²) < 4.78 is 40.3. The molecule has 1 aliphatic rings. The SMILES string of the molecule is C=CCO[C@H]1O[C@H](CO[Si](C)(C)C(C)(C)C)[C@@H](O)[C@H](OCC[C@@H](CCCCCCCCCCC)OCc2ccc(OC)cc2)[C@H]1NC(=O)OCC(Cl)(Cl)Cl. The Morgan fingerprint density at radius 1 is 1.00 bits per heavy atom. The van der Waals surface area contributed by atoms with Gasteiger partial charge in [0.25, 0.3) is 0 Å². The molecule has 0 bridgehead atoms. The van der Waals surface area contributed by atoms with E-state index in [9.17, 15) is 9.90 Å². The number of ether oxygens (including phenoxy) is 6. The van der Waals surface area contributed by atoms with Crippen molar-refractivity contribution in [3.05, 3.63) is 42.5 Å². The highest BCUT2D eigenvalue weighted by molar-refractivity contribution is 6.74. The fourth-order valence-electron chi connectivity index (χ4n) is 5.81. The molecule has 54 heavy (non-hydrogen) atoms. The van der Waals surface area contributed by atoms with Gasteiger partial charge in [0.2, 0.25) is 3.79 Å². The van der Waals surface area contributed by atoms with E-state index in [0.29, 0.717) is 13.0 Å². The maximum atomic E-state index is 13.0. The van der Waals surface area contributed by atoms with Gasteiger partial charge >= 0.3 is 6.09 Å². The summed E-state index contributed by atoms with van der Waals surface area (Å²) >= 11 is 17.5. The van der Waals surface area contributed by atoms with E-state index in [1.807, 2.05) is 24.3 Å². The normalized spacial score (nSPS) is 21.4. The first-order valence-corrected chi connectivity index (χ1v) is 23.6. The minimum absolute atomic E-state index is 0.0624. The minimum atomic E-state index is -2.21. The lowest BCUT2D eigenvalue weighted by atomic mass is 9.96. The first kappa shape index (κ1) is 49.0. The Morgan fingerprint density at radius 2 is 1.63 bits per heavy atom. The average Bonchev–Trinajstić information content (AvgIpc) is 3.11. The molecule has 10 nitrogen and oxygen atoms in total.